The molecule has 0 aliphatic rings. The van der Waals surface area contributed by atoms with Gasteiger partial charge in [0.15, 0.2) is 4.67 Å². The van der Waals surface area contributed by atoms with Crippen LogP contribution in [-0.4, -0.2) is 0 Å². The average Bonchev–Trinajstić information content (AvgIpc) is 2.86. The predicted octanol–water partition coefficient (Wildman–Crippen LogP) is 5.87. The van der Waals surface area contributed by atoms with Gasteiger partial charge in [0, 0.05) is 0 Å². The maximum Gasteiger partial charge on any atom is 0.169 e. The van der Waals surface area contributed by atoms with Crippen LogP contribution < -0.4 is 0 Å². The first-order chi connectivity index (χ1) is 9.24. The monoisotopic (exact) mass is 378 g/mol. The van der Waals surface area contributed by atoms with Gasteiger partial charge >= 0.3 is 0 Å². The summed E-state index contributed by atoms with van der Waals surface area (Å²) in [6, 6.07) is 18.8. The van der Waals surface area contributed by atoms with Crippen molar-refractivity contribution >= 4 is 42.6 Å². The molecule has 0 fully saturated rings. The van der Waals surface area contributed by atoms with Crippen molar-refractivity contribution in [2.24, 2.45) is 0 Å². The average molecular weight is 380 g/mol. The molecule has 1 aromatic heterocycles. The third-order valence-corrected chi connectivity index (χ3v) is 4.38. The van der Waals surface area contributed by atoms with Crippen LogP contribution in [-0.2, 0) is 6.42 Å². The Morgan fingerprint density at radius 3 is 2.53 bits per heavy atom. The summed E-state index contributed by atoms with van der Waals surface area (Å²) < 4.78 is 6.37. The molecule has 0 radical (unpaired) electrons. The predicted molar refractivity (Wildman–Crippen MR) is 85.7 cm³/mol. The molecule has 19 heavy (non-hydrogen) atoms. The molecule has 2 aromatic carbocycles. The molecule has 0 amide bonds. The van der Waals surface area contributed by atoms with E-state index >= 15 is 0 Å². The van der Waals surface area contributed by atoms with E-state index in [-0.39, 0.29) is 4.83 Å². The number of alkyl halides is 1. The minimum atomic E-state index is 0.185. The third-order valence-electron chi connectivity index (χ3n) is 3.18. The molecule has 1 heterocycles. The van der Waals surface area contributed by atoms with Crippen LogP contribution >= 0.6 is 31.9 Å². The standard InChI is InChI=1S/C16H12Br2O/c17-14(15-8-9-16(18)19-15)10-12-6-3-5-11-4-1-2-7-13(11)12/h1-9,14H,10H2. The number of fused-ring (bicyclic) bond motifs is 1. The van der Waals surface area contributed by atoms with Crippen LogP contribution in [0.2, 0.25) is 0 Å². The molecule has 0 spiro atoms. The molecule has 0 bridgehead atoms. The Bertz CT molecular complexity index is 697. The second-order valence-corrected chi connectivity index (χ2v) is 6.34. The van der Waals surface area contributed by atoms with Crippen molar-refractivity contribution in [1.29, 1.82) is 0 Å². The van der Waals surface area contributed by atoms with Crippen LogP contribution in [0, 0.1) is 0 Å². The zero-order valence-electron chi connectivity index (χ0n) is 10.1. The van der Waals surface area contributed by atoms with Gasteiger partial charge in [-0.15, -0.1) is 0 Å². The summed E-state index contributed by atoms with van der Waals surface area (Å²) in [5.74, 6) is 0.944. The van der Waals surface area contributed by atoms with Crippen LogP contribution in [0.1, 0.15) is 16.2 Å². The molecule has 96 valence electrons. The number of hydrogen-bond acceptors (Lipinski definition) is 1. The van der Waals surface area contributed by atoms with Crippen molar-refractivity contribution in [3.63, 3.8) is 0 Å². The van der Waals surface area contributed by atoms with Crippen LogP contribution in [0.4, 0.5) is 0 Å². The first kappa shape index (κ1) is 12.9. The largest absolute Gasteiger partial charge is 0.453 e. The quantitative estimate of drug-likeness (QED) is 0.518. The fraction of sp³-hybridized carbons (Fsp3) is 0.125. The molecule has 1 atom stereocenters. The SMILES string of the molecule is Brc1ccc(C(Br)Cc2cccc3ccccc23)o1. The zero-order valence-corrected chi connectivity index (χ0v) is 13.3. The number of furan rings is 1. The van der Waals surface area contributed by atoms with Crippen molar-refractivity contribution < 1.29 is 4.42 Å². The Hall–Kier alpha value is -1.06. The van der Waals surface area contributed by atoms with Gasteiger partial charge in [-0.05, 0) is 50.8 Å². The number of rotatable bonds is 3. The van der Waals surface area contributed by atoms with Crippen LogP contribution in [0.3, 0.4) is 0 Å². The fourth-order valence-corrected chi connectivity index (χ4v) is 3.17. The first-order valence-corrected chi connectivity index (χ1v) is 7.81. The summed E-state index contributed by atoms with van der Waals surface area (Å²) >= 11 is 7.05. The van der Waals surface area contributed by atoms with Gasteiger partial charge in [-0.2, -0.15) is 0 Å². The van der Waals surface area contributed by atoms with Crippen molar-refractivity contribution in [1.82, 2.24) is 0 Å². The van der Waals surface area contributed by atoms with Gasteiger partial charge in [0.1, 0.15) is 5.76 Å². The lowest BCUT2D eigenvalue weighted by molar-refractivity contribution is 0.486. The van der Waals surface area contributed by atoms with Gasteiger partial charge < -0.3 is 4.42 Å². The van der Waals surface area contributed by atoms with Gasteiger partial charge in [0.05, 0.1) is 4.83 Å². The lowest BCUT2D eigenvalue weighted by Gasteiger charge is -2.10. The summed E-state index contributed by atoms with van der Waals surface area (Å²) in [7, 11) is 0. The molecular weight excluding hydrogens is 368 g/mol. The van der Waals surface area contributed by atoms with Gasteiger partial charge in [-0.25, -0.2) is 0 Å². The van der Waals surface area contributed by atoms with Crippen molar-refractivity contribution in [2.45, 2.75) is 11.2 Å². The molecule has 0 aliphatic heterocycles. The summed E-state index contributed by atoms with van der Waals surface area (Å²) in [5.41, 5.74) is 1.33. The molecule has 3 rings (SSSR count). The Labute approximate surface area is 128 Å². The summed E-state index contributed by atoms with van der Waals surface area (Å²) in [6.45, 7) is 0. The van der Waals surface area contributed by atoms with E-state index in [4.69, 9.17) is 4.42 Å². The van der Waals surface area contributed by atoms with Gasteiger partial charge in [0.25, 0.3) is 0 Å². The van der Waals surface area contributed by atoms with Crippen LogP contribution in [0.5, 0.6) is 0 Å². The lowest BCUT2D eigenvalue weighted by atomic mass is 10.0. The lowest BCUT2D eigenvalue weighted by Crippen LogP contribution is -1.94. The highest BCUT2D eigenvalue weighted by Crippen LogP contribution is 2.32. The Morgan fingerprint density at radius 1 is 0.947 bits per heavy atom. The van der Waals surface area contributed by atoms with E-state index in [0.29, 0.717) is 0 Å². The zero-order chi connectivity index (χ0) is 13.2. The number of halogens is 2. The van der Waals surface area contributed by atoms with E-state index in [0.717, 1.165) is 16.9 Å². The molecule has 0 N–H and O–H groups in total. The summed E-state index contributed by atoms with van der Waals surface area (Å²) in [4.78, 5) is 0.185. The second-order valence-electron chi connectivity index (χ2n) is 4.45. The molecular formula is C16H12Br2O. The van der Waals surface area contributed by atoms with Crippen LogP contribution in [0.25, 0.3) is 10.8 Å². The van der Waals surface area contributed by atoms with Gasteiger partial charge in [-0.1, -0.05) is 58.4 Å². The van der Waals surface area contributed by atoms with E-state index in [2.05, 4.69) is 74.3 Å². The van der Waals surface area contributed by atoms with Crippen molar-refractivity contribution in [3.8, 4) is 0 Å². The van der Waals surface area contributed by atoms with Crippen molar-refractivity contribution in [3.05, 3.63) is 70.6 Å². The highest BCUT2D eigenvalue weighted by molar-refractivity contribution is 9.10. The molecule has 0 saturated heterocycles. The normalized spacial score (nSPS) is 12.7. The summed E-state index contributed by atoms with van der Waals surface area (Å²) in [5, 5.41) is 2.58. The van der Waals surface area contributed by atoms with Crippen molar-refractivity contribution in [2.75, 3.05) is 0 Å². The topological polar surface area (TPSA) is 13.1 Å². The molecule has 0 aliphatic carbocycles. The highest BCUT2D eigenvalue weighted by atomic mass is 79.9. The molecule has 1 unspecified atom stereocenters. The van der Waals surface area contributed by atoms with E-state index < -0.39 is 0 Å². The maximum absolute atomic E-state index is 5.60. The minimum Gasteiger partial charge on any atom is -0.453 e. The molecule has 0 saturated carbocycles. The molecule has 3 heteroatoms. The minimum absolute atomic E-state index is 0.185. The second kappa shape index (κ2) is 5.51. The fourth-order valence-electron chi connectivity index (χ4n) is 2.26. The van der Waals surface area contributed by atoms with E-state index in [1.54, 1.807) is 0 Å². The van der Waals surface area contributed by atoms with E-state index in [1.807, 2.05) is 12.1 Å². The van der Waals surface area contributed by atoms with Gasteiger partial charge in [-0.3, -0.25) is 0 Å². The third kappa shape index (κ3) is 2.77. The Kier molecular flexibility index (Phi) is 3.76. The smallest absolute Gasteiger partial charge is 0.169 e. The Morgan fingerprint density at radius 2 is 1.74 bits per heavy atom. The van der Waals surface area contributed by atoms with Crippen LogP contribution in [0.15, 0.2) is 63.7 Å². The number of hydrogen-bond donors (Lipinski definition) is 0. The molecule has 1 nitrogen and oxygen atoms in total. The highest BCUT2D eigenvalue weighted by Gasteiger charge is 2.13. The number of benzene rings is 2. The Balaban J connectivity index is 1.93. The van der Waals surface area contributed by atoms with E-state index in [1.165, 1.54) is 16.3 Å². The molecule has 3 aromatic rings. The first-order valence-electron chi connectivity index (χ1n) is 6.10. The summed E-state index contributed by atoms with van der Waals surface area (Å²) in [6.07, 6.45) is 0.904. The van der Waals surface area contributed by atoms with E-state index in [9.17, 15) is 0 Å². The van der Waals surface area contributed by atoms with Gasteiger partial charge in [0.2, 0.25) is 0 Å². The maximum atomic E-state index is 5.60.